The van der Waals surface area contributed by atoms with Crippen LogP contribution in [0.3, 0.4) is 0 Å². The highest BCUT2D eigenvalue weighted by molar-refractivity contribution is 5.99. The number of hydrogen-bond acceptors (Lipinski definition) is 7. The second-order valence-electron chi connectivity index (χ2n) is 10.2. The number of nitriles is 1. The van der Waals surface area contributed by atoms with E-state index in [0.29, 0.717) is 22.6 Å². The van der Waals surface area contributed by atoms with Gasteiger partial charge in [0.25, 0.3) is 5.91 Å². The first-order chi connectivity index (χ1) is 19.5. The molecule has 0 bridgehead atoms. The molecule has 0 aliphatic rings. The molecule has 41 heavy (non-hydrogen) atoms. The molecule has 0 fully saturated rings. The van der Waals surface area contributed by atoms with Crippen molar-refractivity contribution in [2.45, 2.75) is 44.9 Å². The van der Waals surface area contributed by atoms with E-state index in [1.54, 1.807) is 87.5 Å². The highest BCUT2D eigenvalue weighted by Gasteiger charge is 2.36. The number of rotatable bonds is 10. The van der Waals surface area contributed by atoms with Gasteiger partial charge in [0.2, 0.25) is 5.91 Å². The molecule has 3 aromatic rings. The third-order valence-corrected chi connectivity index (χ3v) is 5.92. The van der Waals surface area contributed by atoms with Crippen molar-refractivity contribution in [3.05, 3.63) is 90.0 Å². The molecule has 3 rings (SSSR count). The Morgan fingerprint density at radius 1 is 0.976 bits per heavy atom. The van der Waals surface area contributed by atoms with Gasteiger partial charge in [0.05, 0.1) is 13.2 Å². The zero-order valence-electron chi connectivity index (χ0n) is 23.5. The van der Waals surface area contributed by atoms with Crippen molar-refractivity contribution in [3.8, 4) is 17.6 Å². The first-order valence-corrected chi connectivity index (χ1v) is 13.0. The molecule has 0 heterocycles. The number of carbonyl (C=O) groups excluding carboxylic acids is 3. The van der Waals surface area contributed by atoms with Crippen LogP contribution < -0.4 is 15.4 Å². The van der Waals surface area contributed by atoms with Crippen molar-refractivity contribution in [1.82, 2.24) is 10.2 Å². The summed E-state index contributed by atoms with van der Waals surface area (Å²) in [5.41, 5.74) is 0.748. The van der Waals surface area contributed by atoms with Crippen molar-refractivity contribution in [3.63, 3.8) is 0 Å². The Bertz CT molecular complexity index is 1360. The average Bonchev–Trinajstić information content (AvgIpc) is 2.93. The van der Waals surface area contributed by atoms with Gasteiger partial charge in [0, 0.05) is 12.1 Å². The van der Waals surface area contributed by atoms with Crippen LogP contribution in [0.1, 0.15) is 37.9 Å². The van der Waals surface area contributed by atoms with Gasteiger partial charge < -0.3 is 30.1 Å². The van der Waals surface area contributed by atoms with Crippen molar-refractivity contribution in [2.75, 3.05) is 19.0 Å². The van der Waals surface area contributed by atoms with Crippen LogP contribution in [0.5, 0.6) is 11.5 Å². The number of phenolic OH excluding ortho intramolecular Hbond substituents is 1. The summed E-state index contributed by atoms with van der Waals surface area (Å²) in [5, 5.41) is 24.8. The third-order valence-electron chi connectivity index (χ3n) is 5.92. The Kier molecular flexibility index (Phi) is 10.3. The van der Waals surface area contributed by atoms with Gasteiger partial charge in [-0.25, -0.2) is 4.79 Å². The Morgan fingerprint density at radius 3 is 2.17 bits per heavy atom. The van der Waals surface area contributed by atoms with Gasteiger partial charge in [-0.3, -0.25) is 9.59 Å². The Labute approximate surface area is 239 Å². The van der Waals surface area contributed by atoms with Crippen molar-refractivity contribution < 1.29 is 29.0 Å². The minimum Gasteiger partial charge on any atom is -0.508 e. The monoisotopic (exact) mass is 558 g/mol. The molecule has 2 unspecified atom stereocenters. The molecule has 0 aliphatic heterocycles. The van der Waals surface area contributed by atoms with Gasteiger partial charge in [0.15, 0.2) is 0 Å². The molecule has 3 aromatic carbocycles. The number of nitrogens with one attached hydrogen (secondary N) is 2. The standard InChI is InChI=1S/C31H34N4O6/c1-31(2,3)41-30(39)34-26(20-21-10-14-24(36)15-11-21)29(38)35(19-18-32)27(22-8-6-5-7-9-22)28(37)33-23-12-16-25(40-4)17-13-23/h5-17,26-27,36H,19-20H2,1-4H3,(H,33,37)(H,34,39). The van der Waals surface area contributed by atoms with Crippen LogP contribution in [0, 0.1) is 11.3 Å². The molecule has 0 saturated carbocycles. The van der Waals surface area contributed by atoms with Gasteiger partial charge in [-0.1, -0.05) is 42.5 Å². The van der Waals surface area contributed by atoms with Crippen LogP contribution in [0.2, 0.25) is 0 Å². The molecule has 10 heteroatoms. The van der Waals surface area contributed by atoms with Crippen LogP contribution in [0.25, 0.3) is 0 Å². The highest BCUT2D eigenvalue weighted by Crippen LogP contribution is 2.26. The van der Waals surface area contributed by atoms with Crippen molar-refractivity contribution in [2.24, 2.45) is 0 Å². The smallest absolute Gasteiger partial charge is 0.408 e. The lowest BCUT2D eigenvalue weighted by Crippen LogP contribution is -2.53. The molecule has 3 amide bonds. The van der Waals surface area contributed by atoms with Crippen LogP contribution in [0.4, 0.5) is 10.5 Å². The maximum absolute atomic E-state index is 14.1. The molecule has 0 saturated heterocycles. The SMILES string of the molecule is COc1ccc(NC(=O)C(c2ccccc2)N(CC#N)C(=O)C(Cc2ccc(O)cc2)NC(=O)OC(C)(C)C)cc1. The fourth-order valence-corrected chi connectivity index (χ4v) is 4.08. The predicted octanol–water partition coefficient (Wildman–Crippen LogP) is 4.57. The number of aromatic hydroxyl groups is 1. The number of carbonyl (C=O) groups is 3. The summed E-state index contributed by atoms with van der Waals surface area (Å²) in [6.45, 7) is 4.65. The Balaban J connectivity index is 2.00. The number of hydrogen-bond donors (Lipinski definition) is 3. The van der Waals surface area contributed by atoms with E-state index < -0.39 is 42.1 Å². The molecule has 10 nitrogen and oxygen atoms in total. The zero-order valence-corrected chi connectivity index (χ0v) is 23.5. The Morgan fingerprint density at radius 2 is 1.61 bits per heavy atom. The summed E-state index contributed by atoms with van der Waals surface area (Å²) in [6.07, 6.45) is -0.812. The first-order valence-electron chi connectivity index (χ1n) is 13.0. The summed E-state index contributed by atoms with van der Waals surface area (Å²) in [4.78, 5) is 41.8. The number of nitrogens with zero attached hydrogens (tertiary/aromatic N) is 2. The van der Waals surface area contributed by atoms with Crippen molar-refractivity contribution in [1.29, 1.82) is 5.26 Å². The number of ether oxygens (including phenoxy) is 2. The molecule has 3 N–H and O–H groups in total. The minimum absolute atomic E-state index is 0.0158. The fraction of sp³-hybridized carbons (Fsp3) is 0.290. The summed E-state index contributed by atoms with van der Waals surface area (Å²) in [5.74, 6) is -0.564. The van der Waals surface area contributed by atoms with Gasteiger partial charge >= 0.3 is 6.09 Å². The lowest BCUT2D eigenvalue weighted by Gasteiger charge is -2.33. The molecular formula is C31H34N4O6. The summed E-state index contributed by atoms with van der Waals surface area (Å²) in [7, 11) is 1.53. The molecule has 214 valence electrons. The first kappa shape index (κ1) is 30.5. The van der Waals surface area contributed by atoms with E-state index in [2.05, 4.69) is 10.6 Å². The normalized spacial score (nSPS) is 12.3. The molecule has 0 aliphatic carbocycles. The Hall–Kier alpha value is -5.04. The fourth-order valence-electron chi connectivity index (χ4n) is 4.08. The van der Waals surface area contributed by atoms with E-state index in [9.17, 15) is 24.8 Å². The van der Waals surface area contributed by atoms with Gasteiger partial charge in [-0.2, -0.15) is 5.26 Å². The summed E-state index contributed by atoms with van der Waals surface area (Å²) in [6, 6.07) is 21.0. The highest BCUT2D eigenvalue weighted by atomic mass is 16.6. The number of alkyl carbamates (subject to hydrolysis) is 1. The van der Waals surface area contributed by atoms with E-state index in [4.69, 9.17) is 9.47 Å². The molecule has 0 aromatic heterocycles. The zero-order chi connectivity index (χ0) is 30.0. The largest absolute Gasteiger partial charge is 0.508 e. The van der Waals surface area contributed by atoms with Crippen molar-refractivity contribution >= 4 is 23.6 Å². The van der Waals surface area contributed by atoms with E-state index in [1.807, 2.05) is 6.07 Å². The maximum Gasteiger partial charge on any atom is 0.408 e. The van der Waals surface area contributed by atoms with Crippen LogP contribution in [0.15, 0.2) is 78.9 Å². The van der Waals surface area contributed by atoms with Gasteiger partial charge in [-0.15, -0.1) is 0 Å². The van der Waals surface area contributed by atoms with Gasteiger partial charge in [0.1, 0.15) is 35.7 Å². The number of phenols is 1. The minimum atomic E-state index is -1.20. The molecule has 0 radical (unpaired) electrons. The average molecular weight is 559 g/mol. The summed E-state index contributed by atoms with van der Waals surface area (Å²) < 4.78 is 10.6. The molecular weight excluding hydrogens is 524 g/mol. The van der Waals surface area contributed by atoms with Crippen LogP contribution >= 0.6 is 0 Å². The number of anilines is 1. The maximum atomic E-state index is 14.1. The second kappa shape index (κ2) is 13.8. The van der Waals surface area contributed by atoms with Gasteiger partial charge in [-0.05, 0) is 68.3 Å². The van der Waals surface area contributed by atoms with E-state index in [-0.39, 0.29) is 12.2 Å². The number of amides is 3. The second-order valence-corrected chi connectivity index (χ2v) is 10.2. The topological polar surface area (TPSA) is 141 Å². The van der Waals surface area contributed by atoms with E-state index in [0.717, 1.165) is 4.90 Å². The van der Waals surface area contributed by atoms with Crippen LogP contribution in [-0.4, -0.2) is 53.2 Å². The lowest BCUT2D eigenvalue weighted by molar-refractivity contribution is -0.140. The lowest BCUT2D eigenvalue weighted by atomic mass is 10.00. The van der Waals surface area contributed by atoms with E-state index >= 15 is 0 Å². The quantitative estimate of drug-likeness (QED) is 0.310. The molecule has 2 atom stereocenters. The van der Waals surface area contributed by atoms with Crippen LogP contribution in [-0.2, 0) is 20.7 Å². The number of methoxy groups -OCH3 is 1. The number of benzene rings is 3. The third kappa shape index (κ3) is 9.00. The molecule has 0 spiro atoms. The predicted molar refractivity (Wildman–Crippen MR) is 153 cm³/mol. The summed E-state index contributed by atoms with van der Waals surface area (Å²) >= 11 is 0. The van der Waals surface area contributed by atoms with E-state index in [1.165, 1.54) is 19.2 Å².